The van der Waals surface area contributed by atoms with E-state index in [4.69, 9.17) is 11.6 Å². The van der Waals surface area contributed by atoms with Crippen molar-refractivity contribution in [2.45, 2.75) is 13.0 Å². The van der Waals surface area contributed by atoms with Crippen molar-refractivity contribution in [2.24, 2.45) is 0 Å². The van der Waals surface area contributed by atoms with E-state index in [1.165, 1.54) is 0 Å². The molecule has 0 amide bonds. The van der Waals surface area contributed by atoms with Gasteiger partial charge in [0.15, 0.2) is 0 Å². The van der Waals surface area contributed by atoms with E-state index in [1.807, 2.05) is 42.6 Å². The molecule has 0 spiro atoms. The van der Waals surface area contributed by atoms with E-state index in [1.54, 1.807) is 0 Å². The quantitative estimate of drug-likeness (QED) is 0.894. The standard InChI is InChI=1S/C14H15ClN2/c1-2-16-14(13-8-3-4-9-17-13)11-6-5-7-12(15)10-11/h3-10,14,16H,2H2,1H3. The molecule has 1 atom stereocenters. The molecular formula is C14H15ClN2. The molecule has 88 valence electrons. The van der Waals surface area contributed by atoms with Crippen LogP contribution in [0.1, 0.15) is 24.2 Å². The molecule has 3 heteroatoms. The van der Waals surface area contributed by atoms with Crippen LogP contribution in [0, 0.1) is 0 Å². The Balaban J connectivity index is 2.35. The lowest BCUT2D eigenvalue weighted by Gasteiger charge is -2.17. The average Bonchev–Trinajstić information content (AvgIpc) is 2.37. The predicted molar refractivity (Wildman–Crippen MR) is 71.2 cm³/mol. The van der Waals surface area contributed by atoms with Gasteiger partial charge >= 0.3 is 0 Å². The van der Waals surface area contributed by atoms with Crippen LogP contribution in [-0.4, -0.2) is 11.5 Å². The third-order valence-corrected chi connectivity index (χ3v) is 2.81. The van der Waals surface area contributed by atoms with Crippen molar-refractivity contribution in [1.29, 1.82) is 0 Å². The molecule has 0 aliphatic heterocycles. The van der Waals surface area contributed by atoms with Gasteiger partial charge in [0.1, 0.15) is 0 Å². The molecule has 0 aliphatic carbocycles. The zero-order valence-corrected chi connectivity index (χ0v) is 10.5. The van der Waals surface area contributed by atoms with Gasteiger partial charge in [-0.05, 0) is 36.4 Å². The molecule has 1 heterocycles. The molecule has 0 radical (unpaired) electrons. The molecule has 0 saturated carbocycles. The molecule has 0 saturated heterocycles. The largest absolute Gasteiger partial charge is 0.305 e. The first-order valence-electron chi connectivity index (χ1n) is 5.71. The highest BCUT2D eigenvalue weighted by Crippen LogP contribution is 2.22. The second-order valence-corrected chi connectivity index (χ2v) is 4.24. The number of benzene rings is 1. The Kier molecular flexibility index (Phi) is 4.13. The van der Waals surface area contributed by atoms with Crippen LogP contribution in [-0.2, 0) is 0 Å². The topological polar surface area (TPSA) is 24.9 Å². The zero-order valence-electron chi connectivity index (χ0n) is 9.73. The van der Waals surface area contributed by atoms with E-state index < -0.39 is 0 Å². The normalized spacial score (nSPS) is 12.4. The first kappa shape index (κ1) is 12.1. The highest BCUT2D eigenvalue weighted by atomic mass is 35.5. The lowest BCUT2D eigenvalue weighted by molar-refractivity contribution is 0.615. The first-order chi connectivity index (χ1) is 8.31. The van der Waals surface area contributed by atoms with Crippen molar-refractivity contribution in [2.75, 3.05) is 6.54 Å². The fraction of sp³-hybridized carbons (Fsp3) is 0.214. The van der Waals surface area contributed by atoms with Crippen LogP contribution < -0.4 is 5.32 Å². The van der Waals surface area contributed by atoms with Crippen LogP contribution in [0.15, 0.2) is 48.7 Å². The zero-order chi connectivity index (χ0) is 12.1. The Morgan fingerprint density at radius 2 is 2.12 bits per heavy atom. The van der Waals surface area contributed by atoms with Gasteiger partial charge < -0.3 is 5.32 Å². The van der Waals surface area contributed by atoms with Gasteiger partial charge in [-0.25, -0.2) is 0 Å². The molecular weight excluding hydrogens is 232 g/mol. The molecule has 17 heavy (non-hydrogen) atoms. The molecule has 1 aromatic heterocycles. The summed E-state index contributed by atoms with van der Waals surface area (Å²) in [5.74, 6) is 0. The summed E-state index contributed by atoms with van der Waals surface area (Å²) in [5, 5.41) is 4.17. The van der Waals surface area contributed by atoms with Crippen molar-refractivity contribution in [3.63, 3.8) is 0 Å². The SMILES string of the molecule is CCNC(c1cccc(Cl)c1)c1ccccn1. The Labute approximate surface area is 107 Å². The molecule has 1 aromatic carbocycles. The molecule has 1 unspecified atom stereocenters. The van der Waals surface area contributed by atoms with Crippen LogP contribution in [0.3, 0.4) is 0 Å². The molecule has 0 aliphatic rings. The smallest absolute Gasteiger partial charge is 0.0751 e. The van der Waals surface area contributed by atoms with Crippen LogP contribution >= 0.6 is 11.6 Å². The third kappa shape index (κ3) is 3.05. The van der Waals surface area contributed by atoms with Gasteiger partial charge in [0.05, 0.1) is 11.7 Å². The highest BCUT2D eigenvalue weighted by molar-refractivity contribution is 6.30. The van der Waals surface area contributed by atoms with Crippen LogP contribution in [0.2, 0.25) is 5.02 Å². The first-order valence-corrected chi connectivity index (χ1v) is 6.09. The predicted octanol–water partition coefficient (Wildman–Crippen LogP) is 3.43. The summed E-state index contributed by atoms with van der Waals surface area (Å²) >= 11 is 6.03. The van der Waals surface area contributed by atoms with Gasteiger partial charge in [-0.3, -0.25) is 4.98 Å². The van der Waals surface area contributed by atoms with Crippen LogP contribution in [0.5, 0.6) is 0 Å². The summed E-state index contributed by atoms with van der Waals surface area (Å²) in [6, 6.07) is 13.9. The number of rotatable bonds is 4. The number of pyridine rings is 1. The summed E-state index contributed by atoms with van der Waals surface area (Å²) in [4.78, 5) is 4.40. The molecule has 0 bridgehead atoms. The number of nitrogens with one attached hydrogen (secondary N) is 1. The fourth-order valence-corrected chi connectivity index (χ4v) is 2.03. The van der Waals surface area contributed by atoms with Crippen molar-refractivity contribution >= 4 is 11.6 Å². The Morgan fingerprint density at radius 1 is 1.24 bits per heavy atom. The third-order valence-electron chi connectivity index (χ3n) is 2.57. The fourth-order valence-electron chi connectivity index (χ4n) is 1.83. The number of aromatic nitrogens is 1. The van der Waals surface area contributed by atoms with E-state index >= 15 is 0 Å². The molecule has 2 nitrogen and oxygen atoms in total. The maximum atomic E-state index is 6.03. The van der Waals surface area contributed by atoms with Crippen molar-refractivity contribution in [3.05, 3.63) is 64.9 Å². The van der Waals surface area contributed by atoms with Crippen molar-refractivity contribution < 1.29 is 0 Å². The highest BCUT2D eigenvalue weighted by Gasteiger charge is 2.13. The molecule has 1 N–H and O–H groups in total. The minimum absolute atomic E-state index is 0.0971. The maximum Gasteiger partial charge on any atom is 0.0751 e. The van der Waals surface area contributed by atoms with E-state index in [0.717, 1.165) is 22.8 Å². The van der Waals surface area contributed by atoms with Gasteiger partial charge in [-0.1, -0.05) is 36.7 Å². The summed E-state index contributed by atoms with van der Waals surface area (Å²) in [6.07, 6.45) is 1.81. The van der Waals surface area contributed by atoms with Gasteiger partial charge in [-0.15, -0.1) is 0 Å². The van der Waals surface area contributed by atoms with E-state index in [-0.39, 0.29) is 6.04 Å². The Bertz CT molecular complexity index is 471. The molecule has 0 fully saturated rings. The minimum Gasteiger partial charge on any atom is -0.305 e. The minimum atomic E-state index is 0.0971. The van der Waals surface area contributed by atoms with Crippen molar-refractivity contribution in [1.82, 2.24) is 10.3 Å². The number of halogens is 1. The van der Waals surface area contributed by atoms with Gasteiger partial charge in [0, 0.05) is 11.2 Å². The van der Waals surface area contributed by atoms with E-state index in [2.05, 4.69) is 23.3 Å². The van der Waals surface area contributed by atoms with Crippen LogP contribution in [0.4, 0.5) is 0 Å². The van der Waals surface area contributed by atoms with Gasteiger partial charge in [0.2, 0.25) is 0 Å². The second-order valence-electron chi connectivity index (χ2n) is 3.80. The summed E-state index contributed by atoms with van der Waals surface area (Å²) in [6.45, 7) is 2.97. The molecule has 2 rings (SSSR count). The van der Waals surface area contributed by atoms with Crippen molar-refractivity contribution in [3.8, 4) is 0 Å². The number of hydrogen-bond donors (Lipinski definition) is 1. The Morgan fingerprint density at radius 3 is 2.76 bits per heavy atom. The van der Waals surface area contributed by atoms with Gasteiger partial charge in [0.25, 0.3) is 0 Å². The van der Waals surface area contributed by atoms with Gasteiger partial charge in [-0.2, -0.15) is 0 Å². The number of nitrogens with zero attached hydrogens (tertiary/aromatic N) is 1. The summed E-state index contributed by atoms with van der Waals surface area (Å²) in [5.41, 5.74) is 2.15. The monoisotopic (exact) mass is 246 g/mol. The Hall–Kier alpha value is -1.38. The molecule has 2 aromatic rings. The summed E-state index contributed by atoms with van der Waals surface area (Å²) in [7, 11) is 0. The summed E-state index contributed by atoms with van der Waals surface area (Å²) < 4.78 is 0. The second kappa shape index (κ2) is 5.80. The lowest BCUT2D eigenvalue weighted by atomic mass is 10.0. The van der Waals surface area contributed by atoms with E-state index in [9.17, 15) is 0 Å². The van der Waals surface area contributed by atoms with Crippen LogP contribution in [0.25, 0.3) is 0 Å². The maximum absolute atomic E-state index is 6.03. The average molecular weight is 247 g/mol. The number of hydrogen-bond acceptors (Lipinski definition) is 2. The lowest BCUT2D eigenvalue weighted by Crippen LogP contribution is -2.22. The van der Waals surface area contributed by atoms with E-state index in [0.29, 0.717) is 0 Å².